The predicted molar refractivity (Wildman–Crippen MR) is 105 cm³/mol. The second-order valence-electron chi connectivity index (χ2n) is 6.13. The number of ether oxygens (including phenoxy) is 2. The Morgan fingerprint density at radius 2 is 1.74 bits per heavy atom. The standard InChI is InChI=1S/C15H32N4O3.HI/c1-15(2,7-9-21-5)12-18-14(16-8-10-22-6)17-11-13(20)19(3)4;/h7-12H2,1-6H3,(H2,16,17,18);1H. The van der Waals surface area contributed by atoms with Gasteiger partial charge in [0.1, 0.15) is 6.54 Å². The highest BCUT2D eigenvalue weighted by Crippen LogP contribution is 2.18. The quantitative estimate of drug-likeness (QED) is 0.227. The van der Waals surface area contributed by atoms with Crippen molar-refractivity contribution in [2.45, 2.75) is 20.3 Å². The number of likely N-dealkylation sites (N-methyl/N-ethyl adjacent to an activating group) is 1. The fourth-order valence-corrected chi connectivity index (χ4v) is 1.52. The molecule has 0 aromatic carbocycles. The van der Waals surface area contributed by atoms with E-state index < -0.39 is 0 Å². The van der Waals surface area contributed by atoms with Crippen molar-refractivity contribution in [3.8, 4) is 0 Å². The summed E-state index contributed by atoms with van der Waals surface area (Å²) in [4.78, 5) is 17.5. The van der Waals surface area contributed by atoms with Gasteiger partial charge in [0.2, 0.25) is 5.91 Å². The molecule has 2 N–H and O–H groups in total. The zero-order valence-electron chi connectivity index (χ0n) is 15.3. The summed E-state index contributed by atoms with van der Waals surface area (Å²) >= 11 is 0. The van der Waals surface area contributed by atoms with Crippen LogP contribution in [0.15, 0.2) is 4.99 Å². The Hall–Kier alpha value is -0.610. The van der Waals surface area contributed by atoms with Gasteiger partial charge < -0.3 is 25.0 Å². The fraction of sp³-hybridized carbons (Fsp3) is 0.867. The number of hydrogen-bond donors (Lipinski definition) is 2. The summed E-state index contributed by atoms with van der Waals surface area (Å²) in [6.07, 6.45) is 0.943. The average molecular weight is 444 g/mol. The van der Waals surface area contributed by atoms with Crippen LogP contribution in [-0.2, 0) is 14.3 Å². The maximum absolute atomic E-state index is 11.6. The Kier molecular flexibility index (Phi) is 14.8. The molecule has 0 aliphatic heterocycles. The number of carbonyl (C=O) groups is 1. The normalized spacial score (nSPS) is 11.7. The molecule has 0 aromatic rings. The van der Waals surface area contributed by atoms with Crippen molar-refractivity contribution < 1.29 is 14.3 Å². The van der Waals surface area contributed by atoms with E-state index in [9.17, 15) is 4.79 Å². The van der Waals surface area contributed by atoms with Crippen LogP contribution in [0.3, 0.4) is 0 Å². The van der Waals surface area contributed by atoms with E-state index in [0.717, 1.165) is 19.6 Å². The van der Waals surface area contributed by atoms with Crippen LogP contribution in [-0.4, -0.2) is 77.9 Å². The van der Waals surface area contributed by atoms with Crippen molar-refractivity contribution >= 4 is 35.8 Å². The van der Waals surface area contributed by atoms with Crippen molar-refractivity contribution in [3.05, 3.63) is 0 Å². The second-order valence-corrected chi connectivity index (χ2v) is 6.13. The van der Waals surface area contributed by atoms with Gasteiger partial charge in [0.05, 0.1) is 6.61 Å². The number of amides is 1. The molecule has 7 nitrogen and oxygen atoms in total. The summed E-state index contributed by atoms with van der Waals surface area (Å²) in [5.74, 6) is 0.587. The fourth-order valence-electron chi connectivity index (χ4n) is 1.52. The van der Waals surface area contributed by atoms with Crippen LogP contribution in [0.2, 0.25) is 0 Å². The lowest BCUT2D eigenvalue weighted by molar-refractivity contribution is -0.127. The molecule has 0 saturated carbocycles. The number of rotatable bonds is 10. The number of guanidine groups is 1. The van der Waals surface area contributed by atoms with Crippen molar-refractivity contribution in [2.75, 3.05) is 61.2 Å². The molecule has 0 spiro atoms. The van der Waals surface area contributed by atoms with E-state index >= 15 is 0 Å². The maximum atomic E-state index is 11.6. The lowest BCUT2D eigenvalue weighted by atomic mass is 9.90. The predicted octanol–water partition coefficient (Wildman–Crippen LogP) is 0.937. The molecule has 0 heterocycles. The Labute approximate surface area is 157 Å². The number of hydrogen-bond acceptors (Lipinski definition) is 4. The molecule has 0 fully saturated rings. The highest BCUT2D eigenvalue weighted by molar-refractivity contribution is 14.0. The molecule has 8 heteroatoms. The minimum atomic E-state index is -0.0357. The van der Waals surface area contributed by atoms with Crippen LogP contribution in [0.1, 0.15) is 20.3 Å². The van der Waals surface area contributed by atoms with E-state index in [1.807, 2.05) is 0 Å². The van der Waals surface area contributed by atoms with E-state index in [4.69, 9.17) is 9.47 Å². The molecular weight excluding hydrogens is 411 g/mol. The van der Waals surface area contributed by atoms with Gasteiger partial charge in [0.25, 0.3) is 0 Å². The molecule has 0 aliphatic carbocycles. The number of methoxy groups -OCH3 is 2. The Bertz CT molecular complexity index is 350. The van der Waals surface area contributed by atoms with Crippen molar-refractivity contribution in [1.29, 1.82) is 0 Å². The largest absolute Gasteiger partial charge is 0.385 e. The zero-order chi connectivity index (χ0) is 17.0. The van der Waals surface area contributed by atoms with E-state index in [0.29, 0.717) is 19.1 Å². The lowest BCUT2D eigenvalue weighted by Gasteiger charge is -2.26. The van der Waals surface area contributed by atoms with E-state index in [2.05, 4.69) is 29.5 Å². The van der Waals surface area contributed by atoms with Gasteiger partial charge in [0, 0.05) is 48.0 Å². The number of carbonyl (C=O) groups excluding carboxylic acids is 1. The van der Waals surface area contributed by atoms with Gasteiger partial charge in [-0.25, -0.2) is 4.99 Å². The highest BCUT2D eigenvalue weighted by atomic mass is 127. The van der Waals surface area contributed by atoms with Crippen molar-refractivity contribution in [1.82, 2.24) is 15.5 Å². The number of halogens is 1. The molecule has 138 valence electrons. The minimum absolute atomic E-state index is 0. The summed E-state index contributed by atoms with van der Waals surface area (Å²) in [6, 6.07) is 0. The minimum Gasteiger partial charge on any atom is -0.385 e. The Morgan fingerprint density at radius 3 is 2.26 bits per heavy atom. The average Bonchev–Trinajstić information content (AvgIpc) is 2.47. The van der Waals surface area contributed by atoms with E-state index in [1.165, 1.54) is 4.90 Å². The summed E-state index contributed by atoms with van der Waals surface area (Å²) in [5, 5.41) is 6.43. The van der Waals surface area contributed by atoms with Crippen molar-refractivity contribution in [2.24, 2.45) is 10.4 Å². The van der Waals surface area contributed by atoms with Crippen LogP contribution in [0.5, 0.6) is 0 Å². The number of nitrogens with one attached hydrogen (secondary N) is 2. The molecule has 0 rings (SSSR count). The molecule has 23 heavy (non-hydrogen) atoms. The van der Waals surface area contributed by atoms with Crippen LogP contribution < -0.4 is 10.6 Å². The van der Waals surface area contributed by atoms with Crippen LogP contribution in [0.4, 0.5) is 0 Å². The smallest absolute Gasteiger partial charge is 0.243 e. The molecule has 0 bridgehead atoms. The molecule has 0 atom stereocenters. The first-order valence-electron chi connectivity index (χ1n) is 7.52. The van der Waals surface area contributed by atoms with Gasteiger partial charge in [0.15, 0.2) is 5.96 Å². The van der Waals surface area contributed by atoms with Crippen LogP contribution in [0.25, 0.3) is 0 Å². The first-order chi connectivity index (χ1) is 10.3. The molecule has 0 aliphatic rings. The monoisotopic (exact) mass is 444 g/mol. The number of aliphatic imine (C=N–C) groups is 1. The van der Waals surface area contributed by atoms with Gasteiger partial charge in [-0.15, -0.1) is 24.0 Å². The summed E-state index contributed by atoms with van der Waals surface area (Å²) in [5.41, 5.74) is 0.0747. The third-order valence-corrected chi connectivity index (χ3v) is 3.19. The Balaban J connectivity index is 0. The SMILES string of the molecule is COCCNC(=NCC(=O)N(C)C)NCC(C)(C)CCOC.I. The maximum Gasteiger partial charge on any atom is 0.243 e. The van der Waals surface area contributed by atoms with Gasteiger partial charge in [-0.2, -0.15) is 0 Å². The second kappa shape index (κ2) is 13.8. The van der Waals surface area contributed by atoms with Crippen molar-refractivity contribution in [3.63, 3.8) is 0 Å². The van der Waals surface area contributed by atoms with Crippen LogP contribution >= 0.6 is 24.0 Å². The summed E-state index contributed by atoms with van der Waals surface area (Å²) < 4.78 is 10.1. The topological polar surface area (TPSA) is 75.2 Å². The van der Waals surface area contributed by atoms with Gasteiger partial charge in [-0.1, -0.05) is 13.8 Å². The number of nitrogens with zero attached hydrogens (tertiary/aromatic N) is 2. The molecule has 1 amide bonds. The zero-order valence-corrected chi connectivity index (χ0v) is 17.6. The van der Waals surface area contributed by atoms with Gasteiger partial charge in [-0.05, 0) is 11.8 Å². The van der Waals surface area contributed by atoms with E-state index in [-0.39, 0.29) is 41.8 Å². The lowest BCUT2D eigenvalue weighted by Crippen LogP contribution is -2.44. The molecule has 0 unspecified atom stereocenters. The van der Waals surface area contributed by atoms with Crippen LogP contribution in [0, 0.1) is 5.41 Å². The molecule has 0 saturated heterocycles. The third kappa shape index (κ3) is 13.5. The molecular formula is C15H33IN4O3. The van der Waals surface area contributed by atoms with E-state index in [1.54, 1.807) is 28.3 Å². The summed E-state index contributed by atoms with van der Waals surface area (Å²) in [6.45, 7) is 7.12. The Morgan fingerprint density at radius 1 is 1.13 bits per heavy atom. The first-order valence-corrected chi connectivity index (χ1v) is 7.52. The third-order valence-electron chi connectivity index (χ3n) is 3.19. The molecule has 0 aromatic heterocycles. The van der Waals surface area contributed by atoms with Gasteiger partial charge in [-0.3, -0.25) is 4.79 Å². The van der Waals surface area contributed by atoms with Gasteiger partial charge >= 0.3 is 0 Å². The molecule has 0 radical (unpaired) electrons. The highest BCUT2D eigenvalue weighted by Gasteiger charge is 2.18. The first kappa shape index (κ1) is 24.6. The summed E-state index contributed by atoms with van der Waals surface area (Å²) in [7, 11) is 6.79.